The number of hydrogen-bond donors (Lipinski definition) is 1. The largest absolute Gasteiger partial charge is 0.369 e. The predicted molar refractivity (Wildman–Crippen MR) is 82.2 cm³/mol. The average molecular weight is 296 g/mol. The number of anilines is 1. The molecular formula is C14H22ClN5. The highest BCUT2D eigenvalue weighted by Gasteiger charge is 2.19. The van der Waals surface area contributed by atoms with Crippen molar-refractivity contribution in [1.82, 2.24) is 19.6 Å². The standard InChI is InChI=1S/C14H22ClN5/c1-8(2)11(9(3)4)6-16-13-10(5)12(15)19-14-17-7-18-20(13)14/h7-9,11,16H,6H2,1-5H3. The number of fused-ring (bicyclic) bond motifs is 1. The van der Waals surface area contributed by atoms with Crippen molar-refractivity contribution < 1.29 is 0 Å². The summed E-state index contributed by atoms with van der Waals surface area (Å²) in [6.07, 6.45) is 1.49. The van der Waals surface area contributed by atoms with Crippen molar-refractivity contribution in [2.45, 2.75) is 34.6 Å². The smallest absolute Gasteiger partial charge is 0.255 e. The third-order valence-electron chi connectivity index (χ3n) is 3.82. The molecule has 0 radical (unpaired) electrons. The molecule has 2 heterocycles. The highest BCUT2D eigenvalue weighted by atomic mass is 35.5. The van der Waals surface area contributed by atoms with Crippen molar-refractivity contribution in [2.75, 3.05) is 11.9 Å². The minimum atomic E-state index is 0.471. The Balaban J connectivity index is 2.29. The van der Waals surface area contributed by atoms with Gasteiger partial charge in [0, 0.05) is 12.1 Å². The van der Waals surface area contributed by atoms with Gasteiger partial charge in [0.05, 0.1) is 0 Å². The number of nitrogens with one attached hydrogen (secondary N) is 1. The van der Waals surface area contributed by atoms with E-state index in [0.29, 0.717) is 28.7 Å². The van der Waals surface area contributed by atoms with Gasteiger partial charge < -0.3 is 5.32 Å². The van der Waals surface area contributed by atoms with Crippen LogP contribution < -0.4 is 5.32 Å². The first-order chi connectivity index (χ1) is 9.41. The van der Waals surface area contributed by atoms with Gasteiger partial charge in [-0.15, -0.1) is 0 Å². The molecular weight excluding hydrogens is 274 g/mol. The monoisotopic (exact) mass is 295 g/mol. The van der Waals surface area contributed by atoms with E-state index in [-0.39, 0.29) is 0 Å². The second-order valence-corrected chi connectivity index (χ2v) is 6.24. The van der Waals surface area contributed by atoms with Gasteiger partial charge in [-0.2, -0.15) is 19.6 Å². The van der Waals surface area contributed by atoms with Gasteiger partial charge in [-0.25, -0.2) is 0 Å². The SMILES string of the molecule is Cc1c(Cl)nc2ncnn2c1NCC(C(C)C)C(C)C. The van der Waals surface area contributed by atoms with E-state index in [1.54, 1.807) is 4.52 Å². The van der Waals surface area contributed by atoms with Crippen LogP contribution in [0.1, 0.15) is 33.3 Å². The first-order valence-electron chi connectivity index (χ1n) is 7.01. The van der Waals surface area contributed by atoms with E-state index in [9.17, 15) is 0 Å². The third-order valence-corrected chi connectivity index (χ3v) is 4.19. The molecule has 0 amide bonds. The fraction of sp³-hybridized carbons (Fsp3) is 0.643. The van der Waals surface area contributed by atoms with E-state index in [1.165, 1.54) is 6.33 Å². The molecule has 0 aliphatic rings. The lowest BCUT2D eigenvalue weighted by molar-refractivity contribution is 0.304. The molecule has 0 unspecified atom stereocenters. The molecule has 20 heavy (non-hydrogen) atoms. The van der Waals surface area contributed by atoms with Crippen molar-refractivity contribution in [1.29, 1.82) is 0 Å². The quantitative estimate of drug-likeness (QED) is 0.859. The molecule has 0 aliphatic carbocycles. The highest BCUT2D eigenvalue weighted by Crippen LogP contribution is 2.25. The number of hydrogen-bond acceptors (Lipinski definition) is 4. The molecule has 0 aromatic carbocycles. The molecule has 0 bridgehead atoms. The summed E-state index contributed by atoms with van der Waals surface area (Å²) in [6, 6.07) is 0. The highest BCUT2D eigenvalue weighted by molar-refractivity contribution is 6.30. The second-order valence-electron chi connectivity index (χ2n) is 5.88. The number of aromatic nitrogens is 4. The van der Waals surface area contributed by atoms with Crippen LogP contribution in [0.3, 0.4) is 0 Å². The molecule has 1 N–H and O–H groups in total. The summed E-state index contributed by atoms with van der Waals surface area (Å²) in [5.41, 5.74) is 0.899. The normalized spacial score (nSPS) is 12.1. The van der Waals surface area contributed by atoms with E-state index < -0.39 is 0 Å². The summed E-state index contributed by atoms with van der Waals surface area (Å²) in [7, 11) is 0. The molecule has 0 fully saturated rings. The predicted octanol–water partition coefficient (Wildman–Crippen LogP) is 3.43. The Bertz CT molecular complexity index is 583. The number of nitrogens with zero attached hydrogens (tertiary/aromatic N) is 4. The summed E-state index contributed by atoms with van der Waals surface area (Å²) in [4.78, 5) is 8.30. The average Bonchev–Trinajstić information content (AvgIpc) is 2.80. The maximum absolute atomic E-state index is 6.16. The van der Waals surface area contributed by atoms with Gasteiger partial charge in [0.15, 0.2) is 0 Å². The Labute approximate surface area is 124 Å². The van der Waals surface area contributed by atoms with Crippen molar-refractivity contribution in [3.63, 3.8) is 0 Å². The number of rotatable bonds is 5. The van der Waals surface area contributed by atoms with Gasteiger partial charge >= 0.3 is 0 Å². The van der Waals surface area contributed by atoms with Crippen molar-refractivity contribution in [2.24, 2.45) is 17.8 Å². The summed E-state index contributed by atoms with van der Waals surface area (Å²) >= 11 is 6.16. The molecule has 0 atom stereocenters. The van der Waals surface area contributed by atoms with Crippen LogP contribution in [-0.4, -0.2) is 26.1 Å². The van der Waals surface area contributed by atoms with E-state index in [0.717, 1.165) is 17.9 Å². The van der Waals surface area contributed by atoms with Crippen LogP contribution in [0.15, 0.2) is 6.33 Å². The molecule has 2 aromatic rings. The lowest BCUT2D eigenvalue weighted by atomic mass is 9.85. The summed E-state index contributed by atoms with van der Waals surface area (Å²) in [5, 5.41) is 8.16. The van der Waals surface area contributed by atoms with Gasteiger partial charge in [0.1, 0.15) is 17.3 Å². The maximum Gasteiger partial charge on any atom is 0.255 e. The van der Waals surface area contributed by atoms with E-state index >= 15 is 0 Å². The van der Waals surface area contributed by atoms with Crippen LogP contribution in [0.25, 0.3) is 5.78 Å². The van der Waals surface area contributed by atoms with Crippen LogP contribution in [0, 0.1) is 24.7 Å². The fourth-order valence-corrected chi connectivity index (χ4v) is 2.73. The fourth-order valence-electron chi connectivity index (χ4n) is 2.56. The van der Waals surface area contributed by atoms with Gasteiger partial charge in [0.2, 0.25) is 0 Å². The third kappa shape index (κ3) is 2.87. The van der Waals surface area contributed by atoms with Crippen LogP contribution in [0.4, 0.5) is 5.82 Å². The Morgan fingerprint density at radius 1 is 1.25 bits per heavy atom. The van der Waals surface area contributed by atoms with Crippen LogP contribution >= 0.6 is 11.6 Å². The van der Waals surface area contributed by atoms with Crippen molar-refractivity contribution in [3.05, 3.63) is 17.0 Å². The first kappa shape index (κ1) is 15.0. The summed E-state index contributed by atoms with van der Waals surface area (Å²) in [6.45, 7) is 11.8. The van der Waals surface area contributed by atoms with Crippen LogP contribution in [0.5, 0.6) is 0 Å². The lowest BCUT2D eigenvalue weighted by Gasteiger charge is -2.26. The maximum atomic E-state index is 6.16. The van der Waals surface area contributed by atoms with E-state index in [4.69, 9.17) is 11.6 Å². The van der Waals surface area contributed by atoms with Crippen LogP contribution in [-0.2, 0) is 0 Å². The molecule has 6 heteroatoms. The molecule has 110 valence electrons. The zero-order chi connectivity index (χ0) is 14.9. The Morgan fingerprint density at radius 2 is 1.90 bits per heavy atom. The minimum Gasteiger partial charge on any atom is -0.369 e. The van der Waals surface area contributed by atoms with Crippen molar-refractivity contribution in [3.8, 4) is 0 Å². The van der Waals surface area contributed by atoms with Gasteiger partial charge in [-0.3, -0.25) is 0 Å². The Hall–Kier alpha value is -1.36. The molecule has 5 nitrogen and oxygen atoms in total. The zero-order valence-electron chi connectivity index (χ0n) is 12.7. The summed E-state index contributed by atoms with van der Waals surface area (Å²) < 4.78 is 1.71. The van der Waals surface area contributed by atoms with Gasteiger partial charge in [-0.05, 0) is 24.7 Å². The molecule has 2 rings (SSSR count). The molecule has 0 aliphatic heterocycles. The number of halogens is 1. The van der Waals surface area contributed by atoms with E-state index in [1.807, 2.05) is 6.92 Å². The molecule has 2 aromatic heterocycles. The zero-order valence-corrected chi connectivity index (χ0v) is 13.4. The second kappa shape index (κ2) is 5.95. The van der Waals surface area contributed by atoms with Gasteiger partial charge in [0.25, 0.3) is 5.78 Å². The summed E-state index contributed by atoms with van der Waals surface area (Å²) in [5.74, 6) is 3.22. The van der Waals surface area contributed by atoms with Crippen molar-refractivity contribution >= 4 is 23.2 Å². The minimum absolute atomic E-state index is 0.471. The van der Waals surface area contributed by atoms with Crippen LogP contribution in [0.2, 0.25) is 5.15 Å². The molecule has 0 saturated carbocycles. The lowest BCUT2D eigenvalue weighted by Crippen LogP contribution is -2.25. The topological polar surface area (TPSA) is 55.1 Å². The van der Waals surface area contributed by atoms with Gasteiger partial charge in [-0.1, -0.05) is 39.3 Å². The molecule has 0 saturated heterocycles. The Morgan fingerprint density at radius 3 is 2.50 bits per heavy atom. The molecule has 0 spiro atoms. The Kier molecular flexibility index (Phi) is 4.48. The first-order valence-corrected chi connectivity index (χ1v) is 7.39. The van der Waals surface area contributed by atoms with E-state index in [2.05, 4.69) is 48.1 Å².